The van der Waals surface area contributed by atoms with Crippen LogP contribution in [-0.4, -0.2) is 29.3 Å². The van der Waals surface area contributed by atoms with E-state index in [2.05, 4.69) is 15.3 Å². The van der Waals surface area contributed by atoms with E-state index in [1.165, 1.54) is 0 Å². The van der Waals surface area contributed by atoms with Crippen molar-refractivity contribution < 1.29 is 14.6 Å². The fourth-order valence-electron chi connectivity index (χ4n) is 2.14. The second kappa shape index (κ2) is 6.87. The zero-order valence-corrected chi connectivity index (χ0v) is 12.5. The predicted molar refractivity (Wildman–Crippen MR) is 86.9 cm³/mol. The Kier molecular flexibility index (Phi) is 4.46. The molecule has 0 radical (unpaired) electrons. The summed E-state index contributed by atoms with van der Waals surface area (Å²) in [6.07, 6.45) is 2.45. The number of ether oxygens (including phenoxy) is 2. The van der Waals surface area contributed by atoms with Gasteiger partial charge in [0.25, 0.3) is 0 Å². The summed E-state index contributed by atoms with van der Waals surface area (Å²) in [5.74, 6) is 1.73. The summed E-state index contributed by atoms with van der Waals surface area (Å²) in [6, 6.07) is 8.71. The van der Waals surface area contributed by atoms with E-state index in [-0.39, 0.29) is 18.3 Å². The quantitative estimate of drug-likeness (QED) is 0.590. The maximum atomic E-state index is 9.65. The smallest absolute Gasteiger partial charge is 0.193 e. The summed E-state index contributed by atoms with van der Waals surface area (Å²) in [6.45, 7) is 1.46. The predicted octanol–water partition coefficient (Wildman–Crippen LogP) is 1.88. The first-order valence-electron chi connectivity index (χ1n) is 7.32. The second-order valence-electron chi connectivity index (χ2n) is 5.01. The first-order valence-corrected chi connectivity index (χ1v) is 7.32. The van der Waals surface area contributed by atoms with Gasteiger partial charge in [-0.25, -0.2) is 4.99 Å². The van der Waals surface area contributed by atoms with Gasteiger partial charge in [0.05, 0.1) is 19.8 Å². The Morgan fingerprint density at radius 3 is 2.91 bits per heavy atom. The largest absolute Gasteiger partial charge is 0.506 e. The molecular formula is C16H18N4O3. The molecule has 23 heavy (non-hydrogen) atoms. The van der Waals surface area contributed by atoms with E-state index in [0.29, 0.717) is 24.7 Å². The number of nitrogens with one attached hydrogen (secondary N) is 1. The first kappa shape index (κ1) is 15.0. The highest BCUT2D eigenvalue weighted by molar-refractivity contribution is 5.92. The van der Waals surface area contributed by atoms with Gasteiger partial charge in [0, 0.05) is 24.4 Å². The van der Waals surface area contributed by atoms with Crippen LogP contribution in [0.3, 0.4) is 0 Å². The Balaban J connectivity index is 1.68. The van der Waals surface area contributed by atoms with E-state index >= 15 is 0 Å². The van der Waals surface area contributed by atoms with Gasteiger partial charge in [0.2, 0.25) is 0 Å². The summed E-state index contributed by atoms with van der Waals surface area (Å²) in [5, 5.41) is 12.6. The maximum absolute atomic E-state index is 9.65. The van der Waals surface area contributed by atoms with Gasteiger partial charge < -0.3 is 25.6 Å². The lowest BCUT2D eigenvalue weighted by molar-refractivity contribution is 0.297. The molecule has 0 saturated heterocycles. The molecule has 7 heteroatoms. The minimum Gasteiger partial charge on any atom is -0.506 e. The average molecular weight is 314 g/mol. The zero-order chi connectivity index (χ0) is 16.1. The van der Waals surface area contributed by atoms with Crippen LogP contribution in [0.4, 0.5) is 5.69 Å². The molecule has 0 unspecified atom stereocenters. The van der Waals surface area contributed by atoms with Gasteiger partial charge in [-0.3, -0.25) is 4.98 Å². The third-order valence-corrected chi connectivity index (χ3v) is 3.29. The molecule has 1 aliphatic rings. The molecule has 0 saturated carbocycles. The minimum absolute atomic E-state index is 0.0969. The fourth-order valence-corrected chi connectivity index (χ4v) is 2.14. The number of pyridine rings is 1. The maximum Gasteiger partial charge on any atom is 0.193 e. The number of aliphatic imine (C=N–C) groups is 1. The molecule has 0 amide bonds. The van der Waals surface area contributed by atoms with Gasteiger partial charge in [-0.15, -0.1) is 0 Å². The van der Waals surface area contributed by atoms with Gasteiger partial charge in [-0.2, -0.15) is 0 Å². The van der Waals surface area contributed by atoms with Crippen LogP contribution in [0.5, 0.6) is 17.2 Å². The lowest BCUT2D eigenvalue weighted by atomic mass is 10.3. The van der Waals surface area contributed by atoms with Crippen molar-refractivity contribution in [2.75, 3.05) is 18.5 Å². The van der Waals surface area contributed by atoms with E-state index in [4.69, 9.17) is 15.2 Å². The van der Waals surface area contributed by atoms with Crippen LogP contribution in [0.2, 0.25) is 0 Å². The SMILES string of the molecule is NC(=NCc1ncccc1O)Nc1ccc2c(c1)OCCCO2. The van der Waals surface area contributed by atoms with Crippen molar-refractivity contribution in [1.29, 1.82) is 0 Å². The van der Waals surface area contributed by atoms with Crippen molar-refractivity contribution in [3.63, 3.8) is 0 Å². The van der Waals surface area contributed by atoms with Crippen molar-refractivity contribution in [2.24, 2.45) is 10.7 Å². The molecule has 1 aromatic heterocycles. The van der Waals surface area contributed by atoms with E-state index in [1.807, 2.05) is 18.2 Å². The zero-order valence-electron chi connectivity index (χ0n) is 12.5. The first-order chi connectivity index (χ1) is 11.2. The molecule has 0 spiro atoms. The van der Waals surface area contributed by atoms with E-state index < -0.39 is 0 Å². The number of nitrogens with two attached hydrogens (primary N) is 1. The number of benzene rings is 1. The molecule has 2 aromatic rings. The highest BCUT2D eigenvalue weighted by Crippen LogP contribution is 2.32. The number of aromatic hydroxyl groups is 1. The monoisotopic (exact) mass is 314 g/mol. The van der Waals surface area contributed by atoms with Crippen LogP contribution in [0.15, 0.2) is 41.5 Å². The Morgan fingerprint density at radius 1 is 1.26 bits per heavy atom. The number of fused-ring (bicyclic) bond motifs is 1. The number of hydrogen-bond acceptors (Lipinski definition) is 5. The third kappa shape index (κ3) is 3.82. The minimum atomic E-state index is 0.0969. The standard InChI is InChI=1S/C16H18N4O3/c17-16(19-10-12-13(21)3-1-6-18-12)20-11-4-5-14-15(9-11)23-8-2-7-22-14/h1,3-6,9,21H,2,7-8,10H2,(H3,17,19,20). The van der Waals surface area contributed by atoms with Gasteiger partial charge in [0.1, 0.15) is 11.4 Å². The highest BCUT2D eigenvalue weighted by atomic mass is 16.5. The summed E-state index contributed by atoms with van der Waals surface area (Å²) >= 11 is 0. The molecule has 2 heterocycles. The average Bonchev–Trinajstić information content (AvgIpc) is 2.79. The van der Waals surface area contributed by atoms with Crippen molar-refractivity contribution in [1.82, 2.24) is 4.98 Å². The summed E-state index contributed by atoms with van der Waals surface area (Å²) in [4.78, 5) is 8.22. The molecule has 0 fully saturated rings. The molecule has 0 aliphatic carbocycles. The van der Waals surface area contributed by atoms with Crippen molar-refractivity contribution in [3.05, 3.63) is 42.2 Å². The van der Waals surface area contributed by atoms with Crippen molar-refractivity contribution in [3.8, 4) is 17.2 Å². The van der Waals surface area contributed by atoms with Crippen LogP contribution in [0.25, 0.3) is 0 Å². The molecule has 1 aliphatic heterocycles. The normalized spacial score (nSPS) is 14.2. The molecule has 0 bridgehead atoms. The Bertz CT molecular complexity index is 718. The molecule has 0 atom stereocenters. The number of rotatable bonds is 3. The lowest BCUT2D eigenvalue weighted by Crippen LogP contribution is -2.22. The van der Waals surface area contributed by atoms with E-state index in [9.17, 15) is 5.11 Å². The van der Waals surface area contributed by atoms with Crippen LogP contribution < -0.4 is 20.5 Å². The number of hydrogen-bond donors (Lipinski definition) is 3. The van der Waals surface area contributed by atoms with Gasteiger partial charge in [0.15, 0.2) is 17.5 Å². The molecule has 7 nitrogen and oxygen atoms in total. The highest BCUT2D eigenvalue weighted by Gasteiger charge is 2.11. The number of aromatic nitrogens is 1. The van der Waals surface area contributed by atoms with Gasteiger partial charge in [-0.05, 0) is 24.3 Å². The Hall–Kier alpha value is -2.96. The van der Waals surface area contributed by atoms with E-state index in [0.717, 1.165) is 17.9 Å². The summed E-state index contributed by atoms with van der Waals surface area (Å²) < 4.78 is 11.2. The summed E-state index contributed by atoms with van der Waals surface area (Å²) in [5.41, 5.74) is 7.09. The Morgan fingerprint density at radius 2 is 2.09 bits per heavy atom. The van der Waals surface area contributed by atoms with E-state index in [1.54, 1.807) is 18.3 Å². The fraction of sp³-hybridized carbons (Fsp3) is 0.250. The van der Waals surface area contributed by atoms with Crippen LogP contribution in [0, 0.1) is 0 Å². The van der Waals surface area contributed by atoms with Crippen molar-refractivity contribution in [2.45, 2.75) is 13.0 Å². The van der Waals surface area contributed by atoms with Gasteiger partial charge in [-0.1, -0.05) is 0 Å². The van der Waals surface area contributed by atoms with Crippen LogP contribution in [-0.2, 0) is 6.54 Å². The number of nitrogens with zero attached hydrogens (tertiary/aromatic N) is 2. The number of anilines is 1. The van der Waals surface area contributed by atoms with Crippen LogP contribution >= 0.6 is 0 Å². The van der Waals surface area contributed by atoms with Crippen molar-refractivity contribution >= 4 is 11.6 Å². The molecule has 4 N–H and O–H groups in total. The van der Waals surface area contributed by atoms with Gasteiger partial charge >= 0.3 is 0 Å². The number of guanidine groups is 1. The second-order valence-corrected chi connectivity index (χ2v) is 5.01. The molecule has 1 aromatic carbocycles. The lowest BCUT2D eigenvalue weighted by Gasteiger charge is -2.10. The molecule has 120 valence electrons. The molecular weight excluding hydrogens is 296 g/mol. The topological polar surface area (TPSA) is 102 Å². The Labute approximate surface area is 133 Å². The van der Waals surface area contributed by atoms with Crippen LogP contribution in [0.1, 0.15) is 12.1 Å². The molecule has 3 rings (SSSR count). The third-order valence-electron chi connectivity index (χ3n) is 3.29. The summed E-state index contributed by atoms with van der Waals surface area (Å²) in [7, 11) is 0.